The van der Waals surface area contributed by atoms with Crippen LogP contribution in [0.4, 0.5) is 0 Å². The molecule has 74 valence electrons. The fraction of sp³-hybridized carbons (Fsp3) is 0.455. The van der Waals surface area contributed by atoms with Gasteiger partial charge in [-0.1, -0.05) is 6.07 Å². The van der Waals surface area contributed by atoms with Crippen LogP contribution in [0.3, 0.4) is 0 Å². The van der Waals surface area contributed by atoms with E-state index in [0.29, 0.717) is 0 Å². The van der Waals surface area contributed by atoms with Crippen LogP contribution in [0.2, 0.25) is 0 Å². The maximum absolute atomic E-state index is 8.70. The Morgan fingerprint density at radius 3 is 2.93 bits per heavy atom. The lowest BCUT2D eigenvalue weighted by Gasteiger charge is -2.18. The van der Waals surface area contributed by atoms with Gasteiger partial charge in [0, 0.05) is 24.9 Å². The minimum Gasteiger partial charge on any atom is -0.291 e. The molecule has 1 aromatic heterocycles. The second kappa shape index (κ2) is 5.36. The Hall–Kier alpha value is -1.40. The van der Waals surface area contributed by atoms with Gasteiger partial charge in [-0.3, -0.25) is 9.88 Å². The fourth-order valence-electron chi connectivity index (χ4n) is 1.13. The van der Waals surface area contributed by atoms with Crippen molar-refractivity contribution in [2.45, 2.75) is 19.4 Å². The molecule has 0 aliphatic heterocycles. The van der Waals surface area contributed by atoms with Crippen LogP contribution < -0.4 is 0 Å². The second-order valence-electron chi connectivity index (χ2n) is 3.36. The van der Waals surface area contributed by atoms with Crippen molar-refractivity contribution in [3.05, 3.63) is 30.1 Å². The van der Waals surface area contributed by atoms with Crippen molar-refractivity contribution >= 4 is 0 Å². The minimum atomic E-state index is -0.0290. The molecule has 0 saturated heterocycles. The van der Waals surface area contributed by atoms with Gasteiger partial charge in [-0.2, -0.15) is 5.26 Å². The monoisotopic (exact) mass is 189 g/mol. The van der Waals surface area contributed by atoms with Crippen LogP contribution in [0.15, 0.2) is 24.4 Å². The van der Waals surface area contributed by atoms with Gasteiger partial charge in [0.25, 0.3) is 0 Å². The zero-order valence-corrected chi connectivity index (χ0v) is 8.64. The molecule has 0 N–H and O–H groups in total. The van der Waals surface area contributed by atoms with Crippen LogP contribution in [0, 0.1) is 11.3 Å². The molecule has 0 aliphatic carbocycles. The van der Waals surface area contributed by atoms with Crippen LogP contribution in [-0.4, -0.2) is 29.5 Å². The Balaban J connectivity index is 2.39. The maximum Gasteiger partial charge on any atom is 0.0946 e. The summed E-state index contributed by atoms with van der Waals surface area (Å²) in [4.78, 5) is 6.25. The molecular weight excluding hydrogens is 174 g/mol. The van der Waals surface area contributed by atoms with Gasteiger partial charge in [-0.15, -0.1) is 0 Å². The Bertz CT molecular complexity index is 302. The average molecular weight is 189 g/mol. The van der Waals surface area contributed by atoms with E-state index >= 15 is 0 Å². The zero-order chi connectivity index (χ0) is 10.4. The predicted octanol–water partition coefficient (Wildman–Crippen LogP) is 1.47. The topological polar surface area (TPSA) is 39.9 Å². The molecule has 0 aromatic carbocycles. The summed E-state index contributed by atoms with van der Waals surface area (Å²) in [6, 6.07) is 8.07. The van der Waals surface area contributed by atoms with Crippen molar-refractivity contribution in [1.82, 2.24) is 9.88 Å². The van der Waals surface area contributed by atoms with Gasteiger partial charge >= 0.3 is 0 Å². The van der Waals surface area contributed by atoms with Crippen molar-refractivity contribution in [3.8, 4) is 6.07 Å². The van der Waals surface area contributed by atoms with E-state index in [1.165, 1.54) is 0 Å². The lowest BCUT2D eigenvalue weighted by molar-refractivity contribution is 0.305. The first kappa shape index (κ1) is 10.7. The van der Waals surface area contributed by atoms with Crippen LogP contribution >= 0.6 is 0 Å². The first-order chi connectivity index (χ1) is 6.74. The zero-order valence-electron chi connectivity index (χ0n) is 8.64. The molecule has 0 bridgehead atoms. The van der Waals surface area contributed by atoms with Gasteiger partial charge in [0.2, 0.25) is 0 Å². The van der Waals surface area contributed by atoms with E-state index in [4.69, 9.17) is 5.26 Å². The Morgan fingerprint density at radius 1 is 1.57 bits per heavy atom. The molecule has 1 rings (SSSR count). The van der Waals surface area contributed by atoms with E-state index in [9.17, 15) is 0 Å². The quantitative estimate of drug-likeness (QED) is 0.720. The first-order valence-corrected chi connectivity index (χ1v) is 4.74. The Morgan fingerprint density at radius 2 is 2.36 bits per heavy atom. The molecule has 0 amide bonds. The van der Waals surface area contributed by atoms with E-state index in [-0.39, 0.29) is 6.04 Å². The number of nitrogens with zero attached hydrogens (tertiary/aromatic N) is 3. The molecule has 0 spiro atoms. The standard InChI is InChI=1S/C11H15N3/c1-10(9-12)14(2)8-6-11-5-3-4-7-13-11/h3-5,7,10H,6,8H2,1-2H3. The maximum atomic E-state index is 8.70. The predicted molar refractivity (Wildman–Crippen MR) is 55.6 cm³/mol. The van der Waals surface area contributed by atoms with E-state index in [1.54, 1.807) is 6.20 Å². The van der Waals surface area contributed by atoms with Gasteiger partial charge in [-0.25, -0.2) is 0 Å². The molecule has 3 heteroatoms. The Kier molecular flexibility index (Phi) is 4.09. The number of likely N-dealkylation sites (N-methyl/N-ethyl adjacent to an activating group) is 1. The van der Waals surface area contributed by atoms with Crippen LogP contribution in [0.1, 0.15) is 12.6 Å². The number of hydrogen-bond acceptors (Lipinski definition) is 3. The Labute approximate surface area is 85.0 Å². The number of aromatic nitrogens is 1. The van der Waals surface area contributed by atoms with Gasteiger partial charge < -0.3 is 0 Å². The molecule has 0 saturated carbocycles. The molecule has 1 unspecified atom stereocenters. The normalized spacial score (nSPS) is 12.4. The molecule has 0 radical (unpaired) electrons. The smallest absolute Gasteiger partial charge is 0.0946 e. The fourth-order valence-corrected chi connectivity index (χ4v) is 1.13. The summed E-state index contributed by atoms with van der Waals surface area (Å²) in [7, 11) is 1.96. The summed E-state index contributed by atoms with van der Waals surface area (Å²) in [6.07, 6.45) is 2.69. The third-order valence-electron chi connectivity index (χ3n) is 2.29. The third kappa shape index (κ3) is 3.15. The third-order valence-corrected chi connectivity index (χ3v) is 2.29. The average Bonchev–Trinajstić information content (AvgIpc) is 2.26. The number of hydrogen-bond donors (Lipinski definition) is 0. The van der Waals surface area contributed by atoms with Gasteiger partial charge in [-0.05, 0) is 26.1 Å². The largest absolute Gasteiger partial charge is 0.291 e. The highest BCUT2D eigenvalue weighted by Gasteiger charge is 2.06. The second-order valence-corrected chi connectivity index (χ2v) is 3.36. The van der Waals surface area contributed by atoms with Crippen molar-refractivity contribution in [2.75, 3.05) is 13.6 Å². The van der Waals surface area contributed by atoms with Crippen LogP contribution in [0.25, 0.3) is 0 Å². The first-order valence-electron chi connectivity index (χ1n) is 4.74. The molecule has 1 heterocycles. The van der Waals surface area contributed by atoms with E-state index < -0.39 is 0 Å². The number of pyridine rings is 1. The highest BCUT2D eigenvalue weighted by molar-refractivity contribution is 5.04. The summed E-state index contributed by atoms with van der Waals surface area (Å²) in [5, 5.41) is 8.70. The molecular formula is C11H15N3. The van der Waals surface area contributed by atoms with Crippen LogP contribution in [0.5, 0.6) is 0 Å². The molecule has 3 nitrogen and oxygen atoms in total. The lowest BCUT2D eigenvalue weighted by atomic mass is 10.2. The van der Waals surface area contributed by atoms with Crippen molar-refractivity contribution in [1.29, 1.82) is 5.26 Å². The molecule has 0 aliphatic rings. The van der Waals surface area contributed by atoms with Gasteiger partial charge in [0.15, 0.2) is 0 Å². The summed E-state index contributed by atoms with van der Waals surface area (Å²) < 4.78 is 0. The molecule has 14 heavy (non-hydrogen) atoms. The summed E-state index contributed by atoms with van der Waals surface area (Å²) in [5.74, 6) is 0. The lowest BCUT2D eigenvalue weighted by Crippen LogP contribution is -2.29. The highest BCUT2D eigenvalue weighted by atomic mass is 15.1. The van der Waals surface area contributed by atoms with E-state index in [1.807, 2.05) is 37.1 Å². The molecule has 1 aromatic rings. The SMILES string of the molecule is CC(C#N)N(C)CCc1ccccn1. The van der Waals surface area contributed by atoms with Crippen LogP contribution in [-0.2, 0) is 6.42 Å². The summed E-state index contributed by atoms with van der Waals surface area (Å²) in [5.41, 5.74) is 1.07. The molecule has 1 atom stereocenters. The van der Waals surface area contributed by atoms with Crippen molar-refractivity contribution < 1.29 is 0 Å². The molecule has 0 fully saturated rings. The minimum absolute atomic E-state index is 0.0290. The highest BCUT2D eigenvalue weighted by Crippen LogP contribution is 1.99. The van der Waals surface area contributed by atoms with Gasteiger partial charge in [0.05, 0.1) is 12.1 Å². The van der Waals surface area contributed by atoms with Crippen molar-refractivity contribution in [2.24, 2.45) is 0 Å². The van der Waals surface area contributed by atoms with E-state index in [2.05, 4.69) is 11.1 Å². The van der Waals surface area contributed by atoms with E-state index in [0.717, 1.165) is 18.7 Å². The summed E-state index contributed by atoms with van der Waals surface area (Å²) >= 11 is 0. The number of nitriles is 1. The summed E-state index contributed by atoms with van der Waals surface area (Å²) in [6.45, 7) is 2.77. The van der Waals surface area contributed by atoms with Crippen molar-refractivity contribution in [3.63, 3.8) is 0 Å². The van der Waals surface area contributed by atoms with Gasteiger partial charge in [0.1, 0.15) is 0 Å². The number of rotatable bonds is 4.